The van der Waals surface area contributed by atoms with E-state index in [1.807, 2.05) is 36.5 Å². The fourth-order valence-corrected chi connectivity index (χ4v) is 4.25. The van der Waals surface area contributed by atoms with Crippen LogP contribution in [-0.4, -0.2) is 11.1 Å². The lowest BCUT2D eigenvalue weighted by atomic mass is 9.65. The monoisotopic (exact) mass is 334 g/mol. The van der Waals surface area contributed by atoms with Crippen LogP contribution in [0, 0.1) is 17.1 Å². The van der Waals surface area contributed by atoms with Gasteiger partial charge in [0.1, 0.15) is 11.9 Å². The van der Waals surface area contributed by atoms with Crippen molar-refractivity contribution in [2.45, 2.75) is 30.6 Å². The molecule has 2 aliphatic rings. The Kier molecular flexibility index (Phi) is 3.54. The Morgan fingerprint density at radius 2 is 2.08 bits per heavy atom. The molecule has 0 saturated heterocycles. The van der Waals surface area contributed by atoms with Gasteiger partial charge in [-0.25, -0.2) is 4.39 Å². The van der Waals surface area contributed by atoms with Gasteiger partial charge in [-0.05, 0) is 54.5 Å². The van der Waals surface area contributed by atoms with Crippen LogP contribution in [0.25, 0.3) is 0 Å². The average molecular weight is 334 g/mol. The summed E-state index contributed by atoms with van der Waals surface area (Å²) in [6.45, 7) is 0. The van der Waals surface area contributed by atoms with Gasteiger partial charge in [0.25, 0.3) is 0 Å². The molecule has 1 aliphatic carbocycles. The van der Waals surface area contributed by atoms with Gasteiger partial charge in [0.05, 0.1) is 16.7 Å². The molecule has 4 rings (SSSR count). The maximum absolute atomic E-state index is 14.0. The third-order valence-electron chi connectivity index (χ3n) is 5.18. The number of fused-ring (bicyclic) bond motifs is 2. The Labute approximate surface area is 145 Å². The van der Waals surface area contributed by atoms with Crippen molar-refractivity contribution in [2.24, 2.45) is 4.99 Å². The summed E-state index contributed by atoms with van der Waals surface area (Å²) >= 11 is 5.71. The van der Waals surface area contributed by atoms with Crippen molar-refractivity contribution >= 4 is 29.0 Å². The number of para-hydroxylation sites is 1. The Morgan fingerprint density at radius 3 is 2.88 bits per heavy atom. The molecule has 1 aliphatic heterocycles. The van der Waals surface area contributed by atoms with Gasteiger partial charge in [-0.15, -0.1) is 0 Å². The maximum atomic E-state index is 14.0. The molecule has 0 aromatic heterocycles. The number of thiocarbonyl (C=S) groups is 1. The van der Waals surface area contributed by atoms with Crippen molar-refractivity contribution in [1.82, 2.24) is 0 Å². The molecule has 2 aromatic carbocycles. The lowest BCUT2D eigenvalue weighted by molar-refractivity contribution is 0.495. The standard InChI is InChI=1S/C20H15FN2S/c21-17-9-13(5-6-15(17)11-22)14-7-8-19(24)20(10-14)12-23-18-4-2-1-3-16(18)20/h1-6,9,12,14H,7-8,10H2. The second-order valence-electron chi connectivity index (χ2n) is 6.46. The minimum Gasteiger partial charge on any atom is -0.260 e. The number of hydrogen-bond acceptors (Lipinski definition) is 3. The van der Waals surface area contributed by atoms with Crippen LogP contribution in [-0.2, 0) is 5.41 Å². The fraction of sp³-hybridized carbons (Fsp3) is 0.250. The number of benzene rings is 2. The minimum atomic E-state index is -0.447. The van der Waals surface area contributed by atoms with E-state index in [0.717, 1.165) is 40.9 Å². The van der Waals surface area contributed by atoms with Crippen LogP contribution >= 0.6 is 12.2 Å². The van der Waals surface area contributed by atoms with E-state index < -0.39 is 5.82 Å². The Hall–Kier alpha value is -2.38. The van der Waals surface area contributed by atoms with Crippen LogP contribution in [0.1, 0.15) is 41.9 Å². The summed E-state index contributed by atoms with van der Waals surface area (Å²) < 4.78 is 14.0. The highest BCUT2D eigenvalue weighted by Crippen LogP contribution is 2.49. The van der Waals surface area contributed by atoms with Crippen molar-refractivity contribution in [3.8, 4) is 6.07 Å². The topological polar surface area (TPSA) is 36.1 Å². The van der Waals surface area contributed by atoms with Crippen LogP contribution in [0.5, 0.6) is 0 Å². The molecular formula is C20H15FN2S. The zero-order chi connectivity index (χ0) is 16.7. The van der Waals surface area contributed by atoms with Gasteiger partial charge in [0, 0.05) is 11.1 Å². The normalized spacial score (nSPS) is 24.8. The van der Waals surface area contributed by atoms with Gasteiger partial charge in [-0.3, -0.25) is 4.99 Å². The van der Waals surface area contributed by atoms with Crippen LogP contribution < -0.4 is 0 Å². The molecule has 1 spiro atoms. The second kappa shape index (κ2) is 5.61. The predicted molar refractivity (Wildman–Crippen MR) is 96.6 cm³/mol. The lowest BCUT2D eigenvalue weighted by Gasteiger charge is -2.38. The van der Waals surface area contributed by atoms with Crippen molar-refractivity contribution in [1.29, 1.82) is 5.26 Å². The van der Waals surface area contributed by atoms with Crippen molar-refractivity contribution in [3.05, 3.63) is 65.0 Å². The summed E-state index contributed by atoms with van der Waals surface area (Å²) in [5.74, 6) is -0.241. The number of hydrogen-bond donors (Lipinski definition) is 0. The van der Waals surface area contributed by atoms with E-state index in [-0.39, 0.29) is 16.9 Å². The van der Waals surface area contributed by atoms with Crippen LogP contribution in [0.4, 0.5) is 10.1 Å². The molecule has 2 atom stereocenters. The van der Waals surface area contributed by atoms with E-state index in [1.165, 1.54) is 6.07 Å². The van der Waals surface area contributed by atoms with Gasteiger partial charge < -0.3 is 0 Å². The highest BCUT2D eigenvalue weighted by molar-refractivity contribution is 7.80. The maximum Gasteiger partial charge on any atom is 0.141 e. The summed E-state index contributed by atoms with van der Waals surface area (Å²) in [5, 5.41) is 8.91. The molecule has 0 radical (unpaired) electrons. The zero-order valence-electron chi connectivity index (χ0n) is 13.0. The van der Waals surface area contributed by atoms with E-state index in [9.17, 15) is 4.39 Å². The average Bonchev–Trinajstić information content (AvgIpc) is 2.97. The third kappa shape index (κ3) is 2.20. The highest BCUT2D eigenvalue weighted by Gasteiger charge is 2.44. The first-order valence-electron chi connectivity index (χ1n) is 8.01. The van der Waals surface area contributed by atoms with Gasteiger partial charge in [0.15, 0.2) is 0 Å². The molecule has 0 amide bonds. The molecule has 1 fully saturated rings. The van der Waals surface area contributed by atoms with E-state index in [4.69, 9.17) is 17.5 Å². The molecule has 2 nitrogen and oxygen atoms in total. The first kappa shape index (κ1) is 15.2. The molecule has 0 bridgehead atoms. The number of rotatable bonds is 1. The first-order valence-corrected chi connectivity index (χ1v) is 8.42. The van der Waals surface area contributed by atoms with Gasteiger partial charge in [0.2, 0.25) is 0 Å². The summed E-state index contributed by atoms with van der Waals surface area (Å²) in [6.07, 6.45) is 4.51. The molecule has 1 saturated carbocycles. The van der Waals surface area contributed by atoms with E-state index in [2.05, 4.69) is 11.1 Å². The number of halogens is 1. The fourth-order valence-electron chi connectivity index (χ4n) is 3.89. The van der Waals surface area contributed by atoms with Gasteiger partial charge in [-0.2, -0.15) is 5.26 Å². The summed E-state index contributed by atoms with van der Waals surface area (Å²) in [4.78, 5) is 5.59. The van der Waals surface area contributed by atoms with E-state index in [1.54, 1.807) is 6.07 Å². The van der Waals surface area contributed by atoms with Gasteiger partial charge in [-0.1, -0.05) is 36.5 Å². The highest BCUT2D eigenvalue weighted by atomic mass is 32.1. The quantitative estimate of drug-likeness (QED) is 0.689. The Bertz CT molecular complexity index is 912. The lowest BCUT2D eigenvalue weighted by Crippen LogP contribution is -2.40. The molecule has 2 unspecified atom stereocenters. The molecule has 0 N–H and O–H groups in total. The van der Waals surface area contributed by atoms with Crippen LogP contribution in [0.3, 0.4) is 0 Å². The Balaban J connectivity index is 1.73. The molecule has 2 aromatic rings. The molecule has 24 heavy (non-hydrogen) atoms. The van der Waals surface area contributed by atoms with Crippen molar-refractivity contribution in [2.75, 3.05) is 0 Å². The molecule has 118 valence electrons. The largest absolute Gasteiger partial charge is 0.260 e. The predicted octanol–water partition coefficient (Wildman–Crippen LogP) is 4.99. The first-order chi connectivity index (χ1) is 11.6. The van der Waals surface area contributed by atoms with Crippen LogP contribution in [0.15, 0.2) is 47.5 Å². The molecule has 1 heterocycles. The molecule has 4 heteroatoms. The van der Waals surface area contributed by atoms with Crippen molar-refractivity contribution < 1.29 is 4.39 Å². The van der Waals surface area contributed by atoms with Crippen LogP contribution in [0.2, 0.25) is 0 Å². The van der Waals surface area contributed by atoms with E-state index >= 15 is 0 Å². The summed E-state index contributed by atoms with van der Waals surface area (Å²) in [6, 6.07) is 14.9. The minimum absolute atomic E-state index is 0.0903. The zero-order valence-corrected chi connectivity index (χ0v) is 13.8. The Morgan fingerprint density at radius 1 is 1.25 bits per heavy atom. The van der Waals surface area contributed by atoms with E-state index in [0.29, 0.717) is 0 Å². The summed E-state index contributed by atoms with van der Waals surface area (Å²) in [5.41, 5.74) is 2.85. The smallest absolute Gasteiger partial charge is 0.141 e. The number of aliphatic imine (C=N–C) groups is 1. The third-order valence-corrected chi connectivity index (χ3v) is 5.75. The van der Waals surface area contributed by atoms with Crippen molar-refractivity contribution in [3.63, 3.8) is 0 Å². The van der Waals surface area contributed by atoms with Gasteiger partial charge >= 0.3 is 0 Å². The second-order valence-corrected chi connectivity index (χ2v) is 6.95. The SMILES string of the molecule is N#Cc1ccc(C2CCC(=S)C3(C=Nc4ccccc43)C2)cc1F. The number of nitrogens with zero attached hydrogens (tertiary/aromatic N) is 2. The number of nitriles is 1. The summed E-state index contributed by atoms with van der Waals surface area (Å²) in [7, 11) is 0. The molecular weight excluding hydrogens is 319 g/mol.